The molecule has 0 aliphatic carbocycles. The highest BCUT2D eigenvalue weighted by Gasteiger charge is 2.66. The Morgan fingerprint density at radius 3 is 2.68 bits per heavy atom. The molecule has 1 spiro atoms. The van der Waals surface area contributed by atoms with E-state index in [9.17, 15) is 19.5 Å². The first-order valence-corrected chi connectivity index (χ1v) is 18.6. The summed E-state index contributed by atoms with van der Waals surface area (Å²) in [5, 5.41) is 23.7. The number of rotatable bonds is 10. The molecule has 44 heavy (non-hydrogen) atoms. The summed E-state index contributed by atoms with van der Waals surface area (Å²) in [6, 6.07) is 15.3. The second kappa shape index (κ2) is 12.2. The van der Waals surface area contributed by atoms with E-state index >= 15 is 0 Å². The summed E-state index contributed by atoms with van der Waals surface area (Å²) >= 11 is 0. The van der Waals surface area contributed by atoms with Gasteiger partial charge >= 0.3 is 0 Å². The second-order valence-corrected chi connectivity index (χ2v) is 16.8. The van der Waals surface area contributed by atoms with Crippen molar-refractivity contribution in [2.45, 2.75) is 82.1 Å². The number of fused-ring (bicyclic) bond motifs is 2. The fourth-order valence-corrected chi connectivity index (χ4v) is 10.0. The molecular weight excluding hydrogens is 576 g/mol. The number of aliphatic hydroxyl groups is 1. The summed E-state index contributed by atoms with van der Waals surface area (Å²) in [5.74, 6) is -0.394. The summed E-state index contributed by atoms with van der Waals surface area (Å²) in [5.41, 5.74) is 2.64. The third-order valence-electron chi connectivity index (χ3n) is 9.43. The molecule has 11 nitrogen and oxygen atoms in total. The van der Waals surface area contributed by atoms with Gasteiger partial charge in [-0.15, -0.1) is 5.10 Å². The van der Waals surface area contributed by atoms with Crippen molar-refractivity contribution >= 4 is 31.5 Å². The molecule has 4 heterocycles. The molecule has 12 heteroatoms. The predicted octanol–water partition coefficient (Wildman–Crippen LogP) is 2.94. The summed E-state index contributed by atoms with van der Waals surface area (Å²) in [6.07, 6.45) is 4.31. The number of aromatic nitrogens is 3. The average Bonchev–Trinajstić information content (AvgIpc) is 3.78. The molecule has 4 N–H and O–H groups in total. The molecular formula is C32H42N6O5Si. The Bertz CT molecular complexity index is 1500. The molecule has 0 bridgehead atoms. The number of hydrogen-bond acceptors (Lipinski definition) is 8. The topological polar surface area (TPSA) is 142 Å². The molecule has 2 fully saturated rings. The maximum absolute atomic E-state index is 14.5. The van der Waals surface area contributed by atoms with Crippen molar-refractivity contribution < 1.29 is 24.2 Å². The summed E-state index contributed by atoms with van der Waals surface area (Å²) in [4.78, 5) is 40.4. The van der Waals surface area contributed by atoms with Crippen LogP contribution in [0, 0.1) is 5.92 Å². The van der Waals surface area contributed by atoms with Gasteiger partial charge in [-0.05, 0) is 62.7 Å². The fourth-order valence-electron chi connectivity index (χ4n) is 7.41. The highest BCUT2D eigenvalue weighted by molar-refractivity contribution is 6.71. The SMILES string of the molecule is C[C@@H]1[C@@H]([Si](C)(C)O)[C@H](CCn2cc(CCO)nn2)O[C@@]12C(=O)N(Cc1ccc(NC(=O)[C@H]3CCCN3)cc1)c1ccccc12. The molecule has 0 saturated carbocycles. The molecule has 2 saturated heterocycles. The van der Waals surface area contributed by atoms with Gasteiger partial charge < -0.3 is 30.2 Å². The Kier molecular flexibility index (Phi) is 8.46. The molecule has 6 rings (SSSR count). The monoisotopic (exact) mass is 618 g/mol. The lowest BCUT2D eigenvalue weighted by atomic mass is 9.82. The van der Waals surface area contributed by atoms with Crippen LogP contribution < -0.4 is 15.5 Å². The normalized spacial score (nSPS) is 26.5. The number of aliphatic hydroxyl groups excluding tert-OH is 1. The number of anilines is 2. The van der Waals surface area contributed by atoms with Crippen molar-refractivity contribution in [1.29, 1.82) is 0 Å². The Labute approximate surface area is 258 Å². The number of benzene rings is 2. The average molecular weight is 619 g/mol. The zero-order chi connectivity index (χ0) is 31.1. The molecule has 5 atom stereocenters. The quantitative estimate of drug-likeness (QED) is 0.254. The minimum Gasteiger partial charge on any atom is -0.432 e. The number of carbonyl (C=O) groups is 2. The highest BCUT2D eigenvalue weighted by atomic mass is 28.4. The van der Waals surface area contributed by atoms with Gasteiger partial charge in [-0.3, -0.25) is 14.3 Å². The molecule has 3 aromatic rings. The molecule has 2 aromatic carbocycles. The number of ether oxygens (including phenoxy) is 1. The van der Waals surface area contributed by atoms with Crippen molar-refractivity contribution in [1.82, 2.24) is 20.3 Å². The van der Waals surface area contributed by atoms with Gasteiger partial charge in [0.05, 0.1) is 30.1 Å². The summed E-state index contributed by atoms with van der Waals surface area (Å²) in [7, 11) is -2.78. The third kappa shape index (κ3) is 5.61. The van der Waals surface area contributed by atoms with Crippen molar-refractivity contribution in [3.8, 4) is 0 Å². The van der Waals surface area contributed by atoms with Gasteiger partial charge in [0.25, 0.3) is 5.91 Å². The van der Waals surface area contributed by atoms with Gasteiger partial charge in [-0.25, -0.2) is 0 Å². The summed E-state index contributed by atoms with van der Waals surface area (Å²) < 4.78 is 8.62. The maximum Gasteiger partial charge on any atom is 0.264 e. The lowest BCUT2D eigenvalue weighted by Crippen LogP contribution is -2.46. The van der Waals surface area contributed by atoms with E-state index in [1.54, 1.807) is 9.58 Å². The maximum atomic E-state index is 14.5. The van der Waals surface area contributed by atoms with Crippen molar-refractivity contribution in [2.24, 2.45) is 5.92 Å². The Morgan fingerprint density at radius 1 is 1.20 bits per heavy atom. The van der Waals surface area contributed by atoms with E-state index < -0.39 is 13.9 Å². The first-order valence-electron chi connectivity index (χ1n) is 15.6. The molecule has 0 unspecified atom stereocenters. The predicted molar refractivity (Wildman–Crippen MR) is 168 cm³/mol. The van der Waals surface area contributed by atoms with Crippen LogP contribution >= 0.6 is 0 Å². The van der Waals surface area contributed by atoms with Crippen molar-refractivity contribution in [2.75, 3.05) is 23.4 Å². The van der Waals surface area contributed by atoms with E-state index in [0.717, 1.165) is 47.6 Å². The van der Waals surface area contributed by atoms with Crippen LogP contribution in [0.1, 0.15) is 43.0 Å². The van der Waals surface area contributed by atoms with Crippen LogP contribution in [0.5, 0.6) is 0 Å². The van der Waals surface area contributed by atoms with Crippen molar-refractivity contribution in [3.63, 3.8) is 0 Å². The van der Waals surface area contributed by atoms with Crippen LogP contribution in [0.4, 0.5) is 11.4 Å². The number of nitrogens with zero attached hydrogens (tertiary/aromatic N) is 4. The van der Waals surface area contributed by atoms with Gasteiger partial charge in [0.2, 0.25) is 5.91 Å². The van der Waals surface area contributed by atoms with Crippen LogP contribution in [0.25, 0.3) is 0 Å². The number of hydrogen-bond donors (Lipinski definition) is 4. The largest absolute Gasteiger partial charge is 0.432 e. The van der Waals surface area contributed by atoms with Crippen LogP contribution in [0.3, 0.4) is 0 Å². The van der Waals surface area contributed by atoms with E-state index in [-0.39, 0.29) is 42.0 Å². The Balaban J connectivity index is 1.23. The first kappa shape index (κ1) is 30.6. The molecule has 2 amide bonds. The number of carbonyl (C=O) groups excluding carboxylic acids is 2. The molecule has 3 aliphatic heterocycles. The number of para-hydroxylation sites is 1. The van der Waals surface area contributed by atoms with Crippen LogP contribution in [-0.4, -0.2) is 70.3 Å². The van der Waals surface area contributed by atoms with E-state index in [1.807, 2.05) is 74.7 Å². The third-order valence-corrected chi connectivity index (χ3v) is 11.9. The Hall–Kier alpha value is -3.42. The lowest BCUT2D eigenvalue weighted by Gasteiger charge is -2.32. The van der Waals surface area contributed by atoms with Gasteiger partial charge in [0.15, 0.2) is 13.9 Å². The van der Waals surface area contributed by atoms with Gasteiger partial charge in [-0.2, -0.15) is 0 Å². The lowest BCUT2D eigenvalue weighted by molar-refractivity contribution is -0.146. The highest BCUT2D eigenvalue weighted by Crippen LogP contribution is 2.59. The van der Waals surface area contributed by atoms with E-state index in [4.69, 9.17) is 4.74 Å². The molecule has 3 aliphatic rings. The zero-order valence-electron chi connectivity index (χ0n) is 25.6. The van der Waals surface area contributed by atoms with Gasteiger partial charge in [0.1, 0.15) is 0 Å². The summed E-state index contributed by atoms with van der Waals surface area (Å²) in [6.45, 7) is 7.63. The number of amides is 2. The number of nitrogens with one attached hydrogen (secondary N) is 2. The first-order chi connectivity index (χ1) is 21.1. The zero-order valence-corrected chi connectivity index (χ0v) is 26.6. The fraction of sp³-hybridized carbons (Fsp3) is 0.500. The molecule has 0 radical (unpaired) electrons. The van der Waals surface area contributed by atoms with Crippen molar-refractivity contribution in [3.05, 3.63) is 71.5 Å². The van der Waals surface area contributed by atoms with Crippen LogP contribution in [0.2, 0.25) is 18.6 Å². The number of aryl methyl sites for hydroxylation is 1. The van der Waals surface area contributed by atoms with Gasteiger partial charge in [-0.1, -0.05) is 42.5 Å². The smallest absolute Gasteiger partial charge is 0.264 e. The minimum atomic E-state index is -2.78. The minimum absolute atomic E-state index is 0.00764. The van der Waals surface area contributed by atoms with E-state index in [2.05, 4.69) is 20.9 Å². The van der Waals surface area contributed by atoms with Crippen LogP contribution in [0.15, 0.2) is 54.7 Å². The Morgan fingerprint density at radius 2 is 1.98 bits per heavy atom. The second-order valence-electron chi connectivity index (χ2n) is 12.8. The molecule has 1 aromatic heterocycles. The van der Waals surface area contributed by atoms with E-state index in [0.29, 0.717) is 25.9 Å². The van der Waals surface area contributed by atoms with Gasteiger partial charge in [0, 0.05) is 48.5 Å². The van der Waals surface area contributed by atoms with Crippen LogP contribution in [-0.2, 0) is 39.4 Å². The van der Waals surface area contributed by atoms with E-state index in [1.165, 1.54) is 0 Å². The molecule has 234 valence electrons. The standard InChI is InChI=1S/C32H42N6O5Si/c1-21-29(44(2,3)42)28(14-17-37-20-24(15-18-39)35-36-37)43-32(21)25-7-4-5-9-27(25)38(31(32)41)19-22-10-12-23(13-11-22)34-30(40)26-8-6-16-33-26/h4-5,7,9-13,20-21,26,28-29,33,39,42H,6,8,14-19H2,1-3H3,(H,34,40)/t21-,26-,28+,29-,32+/m1/s1.